The zero-order valence-corrected chi connectivity index (χ0v) is 12.2. The van der Waals surface area contributed by atoms with Gasteiger partial charge >= 0.3 is 0 Å². The molecule has 0 fully saturated rings. The molecule has 0 bridgehead atoms. The van der Waals surface area contributed by atoms with Crippen LogP contribution >= 0.6 is 0 Å². The molecule has 0 amide bonds. The summed E-state index contributed by atoms with van der Waals surface area (Å²) >= 11 is 0. The van der Waals surface area contributed by atoms with Crippen LogP contribution in [-0.2, 0) is 6.54 Å². The SMILES string of the molecule is CC(C)(C)CN/C(C#N)=C(/C#N)NCc1ccccc1. The molecule has 0 aromatic heterocycles. The fourth-order valence-electron chi connectivity index (χ4n) is 1.51. The predicted molar refractivity (Wildman–Crippen MR) is 79.0 cm³/mol. The molecule has 4 heteroatoms. The van der Waals surface area contributed by atoms with Crippen LogP contribution in [0.1, 0.15) is 26.3 Å². The number of benzene rings is 1. The second-order valence-corrected chi connectivity index (χ2v) is 5.73. The average Bonchev–Trinajstić information content (AvgIpc) is 2.42. The van der Waals surface area contributed by atoms with E-state index in [9.17, 15) is 5.26 Å². The van der Waals surface area contributed by atoms with Crippen LogP contribution in [0.2, 0.25) is 0 Å². The Bertz CT molecular complexity index is 539. The standard InChI is InChI=1S/C16H20N4/c1-16(2,3)12-20-15(10-18)14(9-17)19-11-13-7-5-4-6-8-13/h4-8,19-20H,11-12H2,1-3H3/b15-14-. The Labute approximate surface area is 120 Å². The van der Waals surface area contributed by atoms with Crippen LogP contribution in [0.5, 0.6) is 0 Å². The topological polar surface area (TPSA) is 71.6 Å². The third-order valence-electron chi connectivity index (χ3n) is 2.58. The summed E-state index contributed by atoms with van der Waals surface area (Å²) in [6.07, 6.45) is 0. The highest BCUT2D eigenvalue weighted by atomic mass is 15.0. The lowest BCUT2D eigenvalue weighted by atomic mass is 9.97. The van der Waals surface area contributed by atoms with Crippen molar-refractivity contribution in [2.75, 3.05) is 6.54 Å². The summed E-state index contributed by atoms with van der Waals surface area (Å²) in [7, 11) is 0. The molecule has 104 valence electrons. The number of rotatable bonds is 5. The Morgan fingerprint density at radius 3 is 2.05 bits per heavy atom. The van der Waals surface area contributed by atoms with Gasteiger partial charge in [0, 0.05) is 13.1 Å². The number of allylic oxidation sites excluding steroid dienone is 2. The van der Waals surface area contributed by atoms with Crippen LogP contribution in [0.4, 0.5) is 0 Å². The molecule has 0 spiro atoms. The van der Waals surface area contributed by atoms with Gasteiger partial charge in [-0.25, -0.2) is 0 Å². The monoisotopic (exact) mass is 268 g/mol. The van der Waals surface area contributed by atoms with Crippen molar-refractivity contribution in [1.82, 2.24) is 10.6 Å². The number of nitriles is 2. The molecule has 2 N–H and O–H groups in total. The normalized spacial score (nSPS) is 11.8. The van der Waals surface area contributed by atoms with Crippen molar-refractivity contribution in [2.24, 2.45) is 5.41 Å². The Kier molecular flexibility index (Phi) is 5.62. The summed E-state index contributed by atoms with van der Waals surface area (Å²) < 4.78 is 0. The first kappa shape index (κ1) is 15.6. The van der Waals surface area contributed by atoms with Gasteiger partial charge in [-0.15, -0.1) is 0 Å². The average molecular weight is 268 g/mol. The molecule has 1 aromatic carbocycles. The van der Waals surface area contributed by atoms with Crippen molar-refractivity contribution in [2.45, 2.75) is 27.3 Å². The molecule has 0 aliphatic carbocycles. The number of hydrogen-bond donors (Lipinski definition) is 2. The fourth-order valence-corrected chi connectivity index (χ4v) is 1.51. The maximum absolute atomic E-state index is 9.17. The largest absolute Gasteiger partial charge is 0.374 e. The smallest absolute Gasteiger partial charge is 0.148 e. The number of nitrogens with zero attached hydrogens (tertiary/aromatic N) is 2. The Morgan fingerprint density at radius 2 is 1.55 bits per heavy atom. The van der Waals surface area contributed by atoms with Crippen LogP contribution in [0.15, 0.2) is 41.7 Å². The molecule has 0 atom stereocenters. The van der Waals surface area contributed by atoms with Gasteiger partial charge in [0.2, 0.25) is 0 Å². The van der Waals surface area contributed by atoms with Crippen LogP contribution in [0, 0.1) is 28.1 Å². The zero-order valence-electron chi connectivity index (χ0n) is 12.2. The second-order valence-electron chi connectivity index (χ2n) is 5.73. The summed E-state index contributed by atoms with van der Waals surface area (Å²) in [5.74, 6) is 0. The predicted octanol–water partition coefficient (Wildman–Crippen LogP) is 2.67. The van der Waals surface area contributed by atoms with Gasteiger partial charge in [0.25, 0.3) is 0 Å². The third-order valence-corrected chi connectivity index (χ3v) is 2.58. The van der Waals surface area contributed by atoms with Gasteiger partial charge < -0.3 is 10.6 Å². The van der Waals surface area contributed by atoms with E-state index in [2.05, 4.69) is 31.4 Å². The first-order valence-corrected chi connectivity index (χ1v) is 6.52. The lowest BCUT2D eigenvalue weighted by Crippen LogP contribution is -2.28. The van der Waals surface area contributed by atoms with E-state index in [0.29, 0.717) is 18.8 Å². The molecular formula is C16H20N4. The summed E-state index contributed by atoms with van der Waals surface area (Å²) in [6.45, 7) is 7.36. The molecule has 0 heterocycles. The summed E-state index contributed by atoms with van der Waals surface area (Å²) in [4.78, 5) is 0. The molecule has 0 unspecified atom stereocenters. The lowest BCUT2D eigenvalue weighted by Gasteiger charge is -2.19. The minimum absolute atomic E-state index is 0.0437. The maximum atomic E-state index is 9.17. The summed E-state index contributed by atoms with van der Waals surface area (Å²) in [5.41, 5.74) is 1.68. The number of hydrogen-bond acceptors (Lipinski definition) is 4. The molecule has 0 saturated carbocycles. The highest BCUT2D eigenvalue weighted by Gasteiger charge is 2.12. The molecule has 0 aliphatic heterocycles. The van der Waals surface area contributed by atoms with E-state index in [1.807, 2.05) is 42.5 Å². The maximum Gasteiger partial charge on any atom is 0.148 e. The van der Waals surface area contributed by atoms with Crippen LogP contribution in [0.3, 0.4) is 0 Å². The van der Waals surface area contributed by atoms with Gasteiger partial charge in [-0.05, 0) is 11.0 Å². The van der Waals surface area contributed by atoms with Gasteiger partial charge in [-0.3, -0.25) is 0 Å². The number of nitrogens with one attached hydrogen (secondary N) is 2. The van der Waals surface area contributed by atoms with Crippen molar-refractivity contribution in [3.05, 3.63) is 47.3 Å². The van der Waals surface area contributed by atoms with E-state index in [1.54, 1.807) is 0 Å². The van der Waals surface area contributed by atoms with Crippen molar-refractivity contribution < 1.29 is 0 Å². The molecule has 4 nitrogen and oxygen atoms in total. The Hall–Kier alpha value is -2.46. The molecule has 0 radical (unpaired) electrons. The van der Waals surface area contributed by atoms with Crippen molar-refractivity contribution in [1.29, 1.82) is 10.5 Å². The summed E-state index contributed by atoms with van der Waals surface area (Å²) in [5, 5.41) is 24.4. The van der Waals surface area contributed by atoms with E-state index in [0.717, 1.165) is 5.56 Å². The molecular weight excluding hydrogens is 248 g/mol. The lowest BCUT2D eigenvalue weighted by molar-refractivity contribution is 0.398. The molecule has 1 rings (SSSR count). The van der Waals surface area contributed by atoms with Gasteiger partial charge in [0.1, 0.15) is 23.5 Å². The van der Waals surface area contributed by atoms with Crippen molar-refractivity contribution >= 4 is 0 Å². The van der Waals surface area contributed by atoms with Gasteiger partial charge in [-0.2, -0.15) is 10.5 Å². The van der Waals surface area contributed by atoms with Gasteiger partial charge in [-0.1, -0.05) is 51.1 Å². The molecule has 20 heavy (non-hydrogen) atoms. The van der Waals surface area contributed by atoms with Gasteiger partial charge in [0.05, 0.1) is 0 Å². The van der Waals surface area contributed by atoms with E-state index in [-0.39, 0.29) is 11.1 Å². The van der Waals surface area contributed by atoms with E-state index >= 15 is 0 Å². The fraction of sp³-hybridized carbons (Fsp3) is 0.375. The molecule has 0 aliphatic rings. The third kappa shape index (κ3) is 5.46. The van der Waals surface area contributed by atoms with Crippen molar-refractivity contribution in [3.63, 3.8) is 0 Å². The zero-order chi connectivity index (χ0) is 15.0. The van der Waals surface area contributed by atoms with E-state index < -0.39 is 0 Å². The van der Waals surface area contributed by atoms with E-state index in [4.69, 9.17) is 5.26 Å². The quantitative estimate of drug-likeness (QED) is 0.805. The van der Waals surface area contributed by atoms with Crippen LogP contribution in [-0.4, -0.2) is 6.54 Å². The highest BCUT2D eigenvalue weighted by molar-refractivity contribution is 5.34. The van der Waals surface area contributed by atoms with Crippen molar-refractivity contribution in [3.8, 4) is 12.1 Å². The highest BCUT2D eigenvalue weighted by Crippen LogP contribution is 2.12. The molecule has 0 saturated heterocycles. The van der Waals surface area contributed by atoms with Crippen LogP contribution in [0.25, 0.3) is 0 Å². The minimum atomic E-state index is 0.0437. The first-order valence-electron chi connectivity index (χ1n) is 6.52. The molecule has 1 aromatic rings. The minimum Gasteiger partial charge on any atom is -0.374 e. The second kappa shape index (κ2) is 7.21. The first-order chi connectivity index (χ1) is 9.46. The van der Waals surface area contributed by atoms with Gasteiger partial charge in [0.15, 0.2) is 0 Å². The Morgan fingerprint density at radius 1 is 1.00 bits per heavy atom. The summed E-state index contributed by atoms with van der Waals surface area (Å²) in [6, 6.07) is 13.8. The Balaban J connectivity index is 2.73. The van der Waals surface area contributed by atoms with Crippen LogP contribution < -0.4 is 10.6 Å². The van der Waals surface area contributed by atoms with E-state index in [1.165, 1.54) is 0 Å².